The van der Waals surface area contributed by atoms with Gasteiger partial charge >= 0.3 is 0 Å². The van der Waals surface area contributed by atoms with E-state index in [1.165, 1.54) is 18.2 Å². The Labute approximate surface area is 107 Å². The van der Waals surface area contributed by atoms with Gasteiger partial charge < -0.3 is 14.7 Å². The number of aromatic nitrogens is 2. The van der Waals surface area contributed by atoms with Gasteiger partial charge in [-0.25, -0.2) is 4.39 Å². The SMILES string of the molecule is Cc1occc1-c1noc(-c2ccc(F)c(N)c2)n1. The first-order valence-electron chi connectivity index (χ1n) is 5.59. The van der Waals surface area contributed by atoms with Gasteiger partial charge in [-0.1, -0.05) is 5.16 Å². The van der Waals surface area contributed by atoms with E-state index in [-0.39, 0.29) is 11.6 Å². The summed E-state index contributed by atoms with van der Waals surface area (Å²) in [5.41, 5.74) is 6.87. The summed E-state index contributed by atoms with van der Waals surface area (Å²) >= 11 is 0. The quantitative estimate of drug-likeness (QED) is 0.715. The Hall–Kier alpha value is -2.63. The van der Waals surface area contributed by atoms with E-state index in [1.807, 2.05) is 0 Å². The minimum absolute atomic E-state index is 0.0386. The highest BCUT2D eigenvalue weighted by Gasteiger charge is 2.14. The van der Waals surface area contributed by atoms with E-state index >= 15 is 0 Å². The van der Waals surface area contributed by atoms with Gasteiger partial charge in [-0.15, -0.1) is 0 Å². The van der Waals surface area contributed by atoms with E-state index in [0.717, 1.165) is 5.56 Å². The second-order valence-corrected chi connectivity index (χ2v) is 4.05. The number of hydrogen-bond acceptors (Lipinski definition) is 5. The molecule has 0 amide bonds. The third-order valence-electron chi connectivity index (χ3n) is 2.77. The first kappa shape index (κ1) is 11.5. The molecule has 3 aromatic rings. The number of hydrogen-bond donors (Lipinski definition) is 1. The molecule has 1 aromatic carbocycles. The summed E-state index contributed by atoms with van der Waals surface area (Å²) in [6, 6.07) is 6.00. The summed E-state index contributed by atoms with van der Waals surface area (Å²) in [6.07, 6.45) is 1.55. The number of rotatable bonds is 2. The van der Waals surface area contributed by atoms with Crippen molar-refractivity contribution in [3.8, 4) is 22.8 Å². The zero-order valence-electron chi connectivity index (χ0n) is 10.1. The topological polar surface area (TPSA) is 78.1 Å². The molecule has 0 saturated carbocycles. The van der Waals surface area contributed by atoms with E-state index in [4.69, 9.17) is 14.7 Å². The van der Waals surface area contributed by atoms with Gasteiger partial charge in [-0.2, -0.15) is 4.98 Å². The van der Waals surface area contributed by atoms with Crippen LogP contribution in [0, 0.1) is 12.7 Å². The fraction of sp³-hybridized carbons (Fsp3) is 0.0769. The number of anilines is 1. The van der Waals surface area contributed by atoms with Crippen molar-refractivity contribution in [3.05, 3.63) is 42.1 Å². The molecule has 2 aromatic heterocycles. The number of halogens is 1. The van der Waals surface area contributed by atoms with Crippen molar-refractivity contribution in [2.75, 3.05) is 5.73 Å². The van der Waals surface area contributed by atoms with E-state index < -0.39 is 5.82 Å². The Bertz CT molecular complexity index is 733. The lowest BCUT2D eigenvalue weighted by Crippen LogP contribution is -1.90. The van der Waals surface area contributed by atoms with Crippen molar-refractivity contribution >= 4 is 5.69 Å². The smallest absolute Gasteiger partial charge is 0.258 e. The van der Waals surface area contributed by atoms with Crippen LogP contribution in [0.3, 0.4) is 0 Å². The van der Waals surface area contributed by atoms with Crippen LogP contribution in [0.2, 0.25) is 0 Å². The van der Waals surface area contributed by atoms with Gasteiger partial charge in [0.1, 0.15) is 11.6 Å². The van der Waals surface area contributed by atoms with Crippen LogP contribution in [0.15, 0.2) is 39.5 Å². The van der Waals surface area contributed by atoms with Crippen LogP contribution in [0.25, 0.3) is 22.8 Å². The zero-order valence-corrected chi connectivity index (χ0v) is 10.1. The van der Waals surface area contributed by atoms with Crippen LogP contribution < -0.4 is 5.73 Å². The maximum absolute atomic E-state index is 13.1. The number of aryl methyl sites for hydroxylation is 1. The first-order valence-corrected chi connectivity index (χ1v) is 5.59. The highest BCUT2D eigenvalue weighted by atomic mass is 19.1. The number of nitrogens with two attached hydrogens (primary N) is 1. The maximum atomic E-state index is 13.1. The molecule has 19 heavy (non-hydrogen) atoms. The summed E-state index contributed by atoms with van der Waals surface area (Å²) in [7, 11) is 0. The summed E-state index contributed by atoms with van der Waals surface area (Å²) in [5, 5.41) is 3.87. The average Bonchev–Trinajstić information content (AvgIpc) is 3.01. The van der Waals surface area contributed by atoms with Crippen molar-refractivity contribution in [1.82, 2.24) is 10.1 Å². The van der Waals surface area contributed by atoms with Crippen molar-refractivity contribution < 1.29 is 13.3 Å². The van der Waals surface area contributed by atoms with Gasteiger partial charge in [0.2, 0.25) is 5.82 Å². The highest BCUT2D eigenvalue weighted by molar-refractivity contribution is 5.63. The van der Waals surface area contributed by atoms with Crippen LogP contribution in [-0.4, -0.2) is 10.1 Å². The molecular weight excluding hydrogens is 249 g/mol. The van der Waals surface area contributed by atoms with Gasteiger partial charge in [-0.3, -0.25) is 0 Å². The second-order valence-electron chi connectivity index (χ2n) is 4.05. The van der Waals surface area contributed by atoms with Crippen LogP contribution in [0.1, 0.15) is 5.76 Å². The molecule has 0 fully saturated rings. The predicted molar refractivity (Wildman–Crippen MR) is 66.5 cm³/mol. The third kappa shape index (κ3) is 1.97. The van der Waals surface area contributed by atoms with E-state index in [0.29, 0.717) is 17.1 Å². The number of benzene rings is 1. The van der Waals surface area contributed by atoms with Gasteiger partial charge in [0.25, 0.3) is 5.89 Å². The van der Waals surface area contributed by atoms with Crippen LogP contribution in [0.5, 0.6) is 0 Å². The standard InChI is InChI=1S/C13H10FN3O2/c1-7-9(4-5-18-7)12-16-13(19-17-12)8-2-3-10(14)11(15)6-8/h2-6H,15H2,1H3. The van der Waals surface area contributed by atoms with E-state index in [9.17, 15) is 4.39 Å². The molecule has 0 spiro atoms. The lowest BCUT2D eigenvalue weighted by molar-refractivity contribution is 0.432. The molecule has 2 heterocycles. The van der Waals surface area contributed by atoms with Gasteiger partial charge in [-0.05, 0) is 31.2 Å². The zero-order chi connectivity index (χ0) is 13.4. The molecule has 0 aliphatic carbocycles. The third-order valence-corrected chi connectivity index (χ3v) is 2.77. The number of furan rings is 1. The van der Waals surface area contributed by atoms with Crippen molar-refractivity contribution in [1.29, 1.82) is 0 Å². The maximum Gasteiger partial charge on any atom is 0.258 e. The lowest BCUT2D eigenvalue weighted by Gasteiger charge is -1.97. The van der Waals surface area contributed by atoms with Crippen LogP contribution >= 0.6 is 0 Å². The molecule has 6 heteroatoms. The van der Waals surface area contributed by atoms with Gasteiger partial charge in [0.15, 0.2) is 0 Å². The van der Waals surface area contributed by atoms with Crippen LogP contribution in [-0.2, 0) is 0 Å². The average molecular weight is 259 g/mol. The largest absolute Gasteiger partial charge is 0.469 e. The predicted octanol–water partition coefficient (Wildman–Crippen LogP) is 3.03. The fourth-order valence-corrected chi connectivity index (χ4v) is 1.74. The molecule has 0 radical (unpaired) electrons. The van der Waals surface area contributed by atoms with Crippen LogP contribution in [0.4, 0.5) is 10.1 Å². The first-order chi connectivity index (χ1) is 9.15. The molecule has 0 atom stereocenters. The molecule has 0 unspecified atom stereocenters. The van der Waals surface area contributed by atoms with Crippen molar-refractivity contribution in [2.24, 2.45) is 0 Å². The molecular formula is C13H10FN3O2. The Morgan fingerprint density at radius 1 is 1.26 bits per heavy atom. The van der Waals surface area contributed by atoms with Crippen molar-refractivity contribution in [2.45, 2.75) is 6.92 Å². The van der Waals surface area contributed by atoms with E-state index in [1.54, 1.807) is 19.3 Å². The molecule has 0 aliphatic rings. The number of nitrogen functional groups attached to an aromatic ring is 1. The van der Waals surface area contributed by atoms with Gasteiger partial charge in [0, 0.05) is 5.56 Å². The Morgan fingerprint density at radius 3 is 2.79 bits per heavy atom. The lowest BCUT2D eigenvalue weighted by atomic mass is 10.2. The summed E-state index contributed by atoms with van der Waals surface area (Å²) in [5.74, 6) is 0.923. The second kappa shape index (κ2) is 4.24. The summed E-state index contributed by atoms with van der Waals surface area (Å²) < 4.78 is 23.4. The monoisotopic (exact) mass is 259 g/mol. The molecule has 0 aliphatic heterocycles. The molecule has 2 N–H and O–H groups in total. The minimum atomic E-state index is -0.478. The summed E-state index contributed by atoms with van der Waals surface area (Å²) in [4.78, 5) is 4.24. The minimum Gasteiger partial charge on any atom is -0.469 e. The molecule has 3 rings (SSSR count). The Balaban J connectivity index is 2.01. The Morgan fingerprint density at radius 2 is 2.11 bits per heavy atom. The molecule has 0 bridgehead atoms. The Kier molecular flexibility index (Phi) is 2.56. The summed E-state index contributed by atoms with van der Waals surface area (Å²) in [6.45, 7) is 1.81. The van der Waals surface area contributed by atoms with Crippen molar-refractivity contribution in [3.63, 3.8) is 0 Å². The van der Waals surface area contributed by atoms with E-state index in [2.05, 4.69) is 10.1 Å². The van der Waals surface area contributed by atoms with Gasteiger partial charge in [0.05, 0.1) is 17.5 Å². The normalized spacial score (nSPS) is 10.8. The highest BCUT2D eigenvalue weighted by Crippen LogP contribution is 2.26. The molecule has 5 nitrogen and oxygen atoms in total. The molecule has 96 valence electrons. The fourth-order valence-electron chi connectivity index (χ4n) is 1.74. The molecule has 0 saturated heterocycles. The number of nitrogens with zero attached hydrogens (tertiary/aromatic N) is 2.